The van der Waals surface area contributed by atoms with Gasteiger partial charge in [0.25, 0.3) is 0 Å². The van der Waals surface area contributed by atoms with E-state index in [-0.39, 0.29) is 6.04 Å². The van der Waals surface area contributed by atoms with Crippen molar-refractivity contribution in [3.8, 4) is 11.5 Å². The zero-order chi connectivity index (χ0) is 14.7. The Balaban J connectivity index is 1.63. The number of hydrogen-bond acceptors (Lipinski definition) is 4. The Hall–Kier alpha value is -2.01. The summed E-state index contributed by atoms with van der Waals surface area (Å²) in [5.74, 6) is 1.67. The molecule has 3 rings (SSSR count). The fourth-order valence-corrected chi connectivity index (χ4v) is 2.59. The topological polar surface area (TPSA) is 48.3 Å². The molecule has 5 heteroatoms. The van der Waals surface area contributed by atoms with Gasteiger partial charge in [0, 0.05) is 24.5 Å². The zero-order valence-corrected chi connectivity index (χ0v) is 12.5. The van der Waals surface area contributed by atoms with Gasteiger partial charge in [-0.2, -0.15) is 5.10 Å². The lowest BCUT2D eigenvalue weighted by atomic mass is 10.1. The highest BCUT2D eigenvalue weighted by Gasteiger charge is 2.15. The largest absolute Gasteiger partial charge is 0.486 e. The van der Waals surface area contributed by atoms with Crippen LogP contribution in [0.5, 0.6) is 11.5 Å². The fourth-order valence-electron chi connectivity index (χ4n) is 2.59. The zero-order valence-electron chi connectivity index (χ0n) is 12.5. The van der Waals surface area contributed by atoms with Gasteiger partial charge in [-0.1, -0.05) is 6.07 Å². The van der Waals surface area contributed by atoms with Gasteiger partial charge in [-0.15, -0.1) is 0 Å². The molecule has 0 bridgehead atoms. The average molecular weight is 287 g/mol. The highest BCUT2D eigenvalue weighted by Crippen LogP contribution is 2.32. The van der Waals surface area contributed by atoms with Crippen molar-refractivity contribution < 1.29 is 9.47 Å². The maximum absolute atomic E-state index is 5.64. The third-order valence-electron chi connectivity index (χ3n) is 3.62. The molecule has 1 N–H and O–H groups in total. The highest BCUT2D eigenvalue weighted by atomic mass is 16.6. The number of hydrogen-bond donors (Lipinski definition) is 1. The summed E-state index contributed by atoms with van der Waals surface area (Å²) in [6.07, 6.45) is 3.78. The van der Waals surface area contributed by atoms with Gasteiger partial charge in [0.15, 0.2) is 11.5 Å². The molecule has 1 aromatic heterocycles. The van der Waals surface area contributed by atoms with Crippen molar-refractivity contribution in [3.05, 3.63) is 42.2 Å². The van der Waals surface area contributed by atoms with E-state index in [1.807, 2.05) is 23.0 Å². The predicted molar refractivity (Wildman–Crippen MR) is 80.7 cm³/mol. The summed E-state index contributed by atoms with van der Waals surface area (Å²) in [4.78, 5) is 0. The van der Waals surface area contributed by atoms with Crippen LogP contribution < -0.4 is 14.8 Å². The first-order valence-electron chi connectivity index (χ1n) is 7.35. The first-order valence-corrected chi connectivity index (χ1v) is 7.35. The quantitative estimate of drug-likeness (QED) is 0.917. The molecular formula is C16H21N3O2. The Morgan fingerprint density at radius 2 is 2.05 bits per heavy atom. The molecule has 2 atom stereocenters. The smallest absolute Gasteiger partial charge is 0.161 e. The van der Waals surface area contributed by atoms with Crippen LogP contribution in [0.1, 0.15) is 25.5 Å². The standard InChI is InChI=1S/C16H21N3O2/c1-12(11-19-7-3-6-17-19)18-13(2)14-4-5-15-16(10-14)21-9-8-20-15/h3-7,10,12-13,18H,8-9,11H2,1-2H3. The maximum atomic E-state index is 5.64. The second-order valence-corrected chi connectivity index (χ2v) is 5.42. The number of rotatable bonds is 5. The van der Waals surface area contributed by atoms with E-state index in [2.05, 4.69) is 36.4 Å². The van der Waals surface area contributed by atoms with E-state index in [4.69, 9.17) is 9.47 Å². The Morgan fingerprint density at radius 1 is 1.24 bits per heavy atom. The number of nitrogens with one attached hydrogen (secondary N) is 1. The normalized spacial score (nSPS) is 16.5. The maximum Gasteiger partial charge on any atom is 0.161 e. The van der Waals surface area contributed by atoms with Crippen molar-refractivity contribution in [2.75, 3.05) is 13.2 Å². The number of ether oxygens (including phenoxy) is 2. The van der Waals surface area contributed by atoms with Crippen LogP contribution in [0.4, 0.5) is 0 Å². The molecule has 2 aromatic rings. The van der Waals surface area contributed by atoms with Crippen molar-refractivity contribution in [1.29, 1.82) is 0 Å². The summed E-state index contributed by atoms with van der Waals surface area (Å²) in [5, 5.41) is 7.82. The van der Waals surface area contributed by atoms with Crippen LogP contribution in [0, 0.1) is 0 Å². The van der Waals surface area contributed by atoms with Gasteiger partial charge >= 0.3 is 0 Å². The van der Waals surface area contributed by atoms with Gasteiger partial charge in [-0.3, -0.25) is 4.68 Å². The molecule has 21 heavy (non-hydrogen) atoms. The summed E-state index contributed by atoms with van der Waals surface area (Å²) in [6.45, 7) is 6.41. The van der Waals surface area contributed by atoms with E-state index in [9.17, 15) is 0 Å². The molecule has 2 heterocycles. The predicted octanol–water partition coefficient (Wildman–Crippen LogP) is 2.39. The van der Waals surface area contributed by atoms with Crippen LogP contribution in [0.3, 0.4) is 0 Å². The molecule has 0 aliphatic carbocycles. The van der Waals surface area contributed by atoms with Crippen molar-refractivity contribution in [1.82, 2.24) is 15.1 Å². The van der Waals surface area contributed by atoms with Crippen molar-refractivity contribution in [2.45, 2.75) is 32.5 Å². The van der Waals surface area contributed by atoms with Gasteiger partial charge in [0.2, 0.25) is 0 Å². The molecule has 0 saturated carbocycles. The van der Waals surface area contributed by atoms with Crippen LogP contribution in [0.15, 0.2) is 36.7 Å². The molecule has 0 saturated heterocycles. The number of aromatic nitrogens is 2. The molecule has 2 unspecified atom stereocenters. The van der Waals surface area contributed by atoms with Gasteiger partial charge in [-0.25, -0.2) is 0 Å². The molecule has 1 aromatic carbocycles. The van der Waals surface area contributed by atoms with E-state index in [1.165, 1.54) is 5.56 Å². The molecule has 0 amide bonds. The Morgan fingerprint density at radius 3 is 2.81 bits per heavy atom. The van der Waals surface area contributed by atoms with Crippen LogP contribution in [-0.4, -0.2) is 29.0 Å². The van der Waals surface area contributed by atoms with Crippen molar-refractivity contribution >= 4 is 0 Å². The number of fused-ring (bicyclic) bond motifs is 1. The highest BCUT2D eigenvalue weighted by molar-refractivity contribution is 5.44. The minimum Gasteiger partial charge on any atom is -0.486 e. The molecule has 0 spiro atoms. The van der Waals surface area contributed by atoms with Gasteiger partial charge in [-0.05, 0) is 37.6 Å². The molecule has 112 valence electrons. The number of nitrogens with zero attached hydrogens (tertiary/aromatic N) is 2. The summed E-state index contributed by atoms with van der Waals surface area (Å²) >= 11 is 0. The minimum absolute atomic E-state index is 0.242. The molecular weight excluding hydrogens is 266 g/mol. The van der Waals surface area contributed by atoms with Gasteiger partial charge in [0.05, 0.1) is 6.54 Å². The average Bonchev–Trinajstić information content (AvgIpc) is 2.99. The summed E-state index contributed by atoms with van der Waals surface area (Å²) in [5.41, 5.74) is 1.20. The minimum atomic E-state index is 0.242. The lowest BCUT2D eigenvalue weighted by Crippen LogP contribution is -2.32. The third kappa shape index (κ3) is 3.36. The number of benzene rings is 1. The summed E-state index contributed by atoms with van der Waals surface area (Å²) < 4.78 is 13.1. The molecule has 1 aliphatic heterocycles. The second-order valence-electron chi connectivity index (χ2n) is 5.42. The van der Waals surface area contributed by atoms with E-state index in [0.717, 1.165) is 18.0 Å². The van der Waals surface area contributed by atoms with E-state index >= 15 is 0 Å². The Kier molecular flexibility index (Phi) is 4.10. The SMILES string of the molecule is CC(Cn1cccn1)NC(C)c1ccc2c(c1)OCCO2. The fraction of sp³-hybridized carbons (Fsp3) is 0.438. The molecule has 1 aliphatic rings. The van der Waals surface area contributed by atoms with E-state index in [1.54, 1.807) is 6.20 Å². The lowest BCUT2D eigenvalue weighted by Gasteiger charge is -2.23. The summed E-state index contributed by atoms with van der Waals surface area (Å²) in [6, 6.07) is 8.65. The first-order chi connectivity index (χ1) is 10.2. The van der Waals surface area contributed by atoms with Crippen LogP contribution in [-0.2, 0) is 6.54 Å². The lowest BCUT2D eigenvalue weighted by molar-refractivity contribution is 0.171. The Labute approximate surface area is 124 Å². The Bertz CT molecular complexity index is 583. The van der Waals surface area contributed by atoms with Gasteiger partial charge in [0.1, 0.15) is 13.2 Å². The molecule has 5 nitrogen and oxygen atoms in total. The van der Waals surface area contributed by atoms with Gasteiger partial charge < -0.3 is 14.8 Å². The molecule has 0 radical (unpaired) electrons. The van der Waals surface area contributed by atoms with Crippen LogP contribution in [0.2, 0.25) is 0 Å². The van der Waals surface area contributed by atoms with Crippen molar-refractivity contribution in [2.24, 2.45) is 0 Å². The third-order valence-corrected chi connectivity index (χ3v) is 3.62. The second kappa shape index (κ2) is 6.18. The van der Waals surface area contributed by atoms with E-state index < -0.39 is 0 Å². The monoisotopic (exact) mass is 287 g/mol. The van der Waals surface area contributed by atoms with E-state index in [0.29, 0.717) is 19.3 Å². The molecule has 0 fully saturated rings. The van der Waals surface area contributed by atoms with Crippen molar-refractivity contribution in [3.63, 3.8) is 0 Å². The first kappa shape index (κ1) is 13.9. The van der Waals surface area contributed by atoms with Crippen LogP contribution >= 0.6 is 0 Å². The summed E-state index contributed by atoms with van der Waals surface area (Å²) in [7, 11) is 0. The van der Waals surface area contributed by atoms with Crippen LogP contribution in [0.25, 0.3) is 0 Å².